The van der Waals surface area contributed by atoms with E-state index in [2.05, 4.69) is 0 Å². The summed E-state index contributed by atoms with van der Waals surface area (Å²) in [6.45, 7) is 0. The fraction of sp³-hybridized carbons (Fsp3) is 0. The minimum Gasteiger partial charge on any atom is 3.00 e. The van der Waals surface area contributed by atoms with Crippen LogP contribution in [0.15, 0.2) is 0 Å². The minimum absolute atomic E-state index is 0. The van der Waals surface area contributed by atoms with Crippen LogP contribution in [0.1, 0.15) is 0 Å². The van der Waals surface area contributed by atoms with Crippen molar-refractivity contribution in [3.05, 3.63) is 0 Å². The van der Waals surface area contributed by atoms with Crippen LogP contribution in [0.2, 0.25) is 0 Å². The molecule has 19 heavy (non-hydrogen) atoms. The molecule has 0 fully saturated rings. The second-order valence-electron chi connectivity index (χ2n) is 1.50. The Bertz CT molecular complexity index is 100.0. The molecule has 0 radical (unpaired) electrons. The van der Waals surface area contributed by atoms with Gasteiger partial charge in [0.2, 0.25) is 0 Å². The van der Waals surface area contributed by atoms with Crippen LogP contribution in [0, 0.1) is 165 Å². The van der Waals surface area contributed by atoms with Crippen LogP contribution in [-0.2, 0) is 54.4 Å². The van der Waals surface area contributed by atoms with Crippen molar-refractivity contribution in [3.8, 4) is 0 Å². The third kappa shape index (κ3) is 265. The zero-order valence-electron chi connectivity index (χ0n) is 8.71. The molecule has 0 aliphatic carbocycles. The molecule has 0 atom stereocenters. The molecule has 0 aromatic carbocycles. The van der Waals surface area contributed by atoms with Crippen LogP contribution < -0.4 is 44.3 Å². The summed E-state index contributed by atoms with van der Waals surface area (Å²) >= 11 is -18.0. The van der Waals surface area contributed by atoms with E-state index in [0.717, 1.165) is 0 Å². The van der Waals surface area contributed by atoms with Gasteiger partial charge in [-0.05, 0) is 0 Å². The van der Waals surface area contributed by atoms with Gasteiger partial charge in [0.25, 0.3) is 0 Å². The van der Waals surface area contributed by atoms with Crippen LogP contribution in [-0.4, -0.2) is 0 Å². The third-order valence-electron chi connectivity index (χ3n) is 0. The molecule has 0 aromatic rings. The zero-order chi connectivity index (χ0) is 13.5. The van der Waals surface area contributed by atoms with Crippen LogP contribution >= 0.6 is 0 Å². The maximum absolute atomic E-state index is 8.62. The maximum atomic E-state index is 8.62. The predicted molar refractivity (Wildman–Crippen MR) is 0 cm³/mol. The SMILES string of the molecule is [O-][Ti]([O-])([O-])[O-].[O-][Ti]([O-])([O-])[O-].[O-][Ti]([O-])([O-])[O-].[Pr+3].[Pr+3].[Pr+3].[Pr+3]. The Balaban J connectivity index is -0.0000000206. The average molecular weight is 899 g/mol. The van der Waals surface area contributed by atoms with Gasteiger partial charge in [-0.25, -0.2) is 0 Å². The second kappa shape index (κ2) is 23.2. The van der Waals surface area contributed by atoms with Gasteiger partial charge in [0.15, 0.2) is 0 Å². The molecule has 96 valence electrons. The van der Waals surface area contributed by atoms with E-state index < -0.39 is 54.4 Å². The van der Waals surface area contributed by atoms with E-state index in [-0.39, 0.29) is 165 Å². The van der Waals surface area contributed by atoms with E-state index in [9.17, 15) is 0 Å². The summed E-state index contributed by atoms with van der Waals surface area (Å²) in [6, 6.07) is 0. The van der Waals surface area contributed by atoms with Crippen molar-refractivity contribution < 1.29 is 264 Å². The molecule has 0 amide bonds. The van der Waals surface area contributed by atoms with Gasteiger partial charge in [-0.1, -0.05) is 0 Å². The Morgan fingerprint density at radius 2 is 0.263 bits per heavy atom. The largest absolute Gasteiger partial charge is 3.00 e. The Morgan fingerprint density at radius 3 is 0.263 bits per heavy atom. The van der Waals surface area contributed by atoms with Crippen LogP contribution in [0.25, 0.3) is 0 Å². The van der Waals surface area contributed by atoms with Crippen molar-refractivity contribution in [1.29, 1.82) is 0 Å². The van der Waals surface area contributed by atoms with Gasteiger partial charge in [0.05, 0.1) is 0 Å². The number of hydrogen-bond acceptors (Lipinski definition) is 12. The molecule has 0 saturated heterocycles. The summed E-state index contributed by atoms with van der Waals surface area (Å²) in [5.41, 5.74) is 0. The van der Waals surface area contributed by atoms with Gasteiger partial charge in [0.1, 0.15) is 0 Å². The molecule has 0 N–H and O–H groups in total. The molecule has 0 unspecified atom stereocenters. The van der Waals surface area contributed by atoms with Crippen molar-refractivity contribution >= 4 is 0 Å². The van der Waals surface area contributed by atoms with Crippen molar-refractivity contribution in [1.82, 2.24) is 0 Å². The molecule has 0 aliphatic rings. The first-order valence-corrected chi connectivity index (χ1v) is 10.1. The first kappa shape index (κ1) is 45.1. The normalized spacial score (nSPS) is 9.47. The standard InChI is InChI=1S/12O.4Pr.3Ti/q12*-1;4*+3;;;. The first-order chi connectivity index (χ1) is 6.00. The summed E-state index contributed by atoms with van der Waals surface area (Å²) in [4.78, 5) is 0. The molecule has 0 spiro atoms. The van der Waals surface area contributed by atoms with E-state index in [0.29, 0.717) is 0 Å². The van der Waals surface area contributed by atoms with Crippen molar-refractivity contribution in [2.75, 3.05) is 0 Å². The molecule has 0 saturated carbocycles. The first-order valence-electron chi connectivity index (χ1n) is 2.45. The summed E-state index contributed by atoms with van der Waals surface area (Å²) in [6.07, 6.45) is 0. The molecule has 0 bridgehead atoms. The molecular weight excluding hydrogens is 899 g/mol. The fourth-order valence-corrected chi connectivity index (χ4v) is 0. The molecule has 19 heteroatoms. The second-order valence-corrected chi connectivity index (χ2v) is 6.18. The molecular formula is O12Pr4Ti3. The molecule has 0 heterocycles. The van der Waals surface area contributed by atoms with Crippen LogP contribution in [0.5, 0.6) is 0 Å². The number of hydrogen-bond donors (Lipinski definition) is 0. The monoisotopic (exact) mass is 899 g/mol. The summed E-state index contributed by atoms with van der Waals surface area (Å²) < 4.78 is 104. The summed E-state index contributed by atoms with van der Waals surface area (Å²) in [5.74, 6) is 0. The van der Waals surface area contributed by atoms with Gasteiger partial charge in [0, 0.05) is 0 Å². The molecule has 12 nitrogen and oxygen atoms in total. The van der Waals surface area contributed by atoms with Gasteiger partial charge in [-0.2, -0.15) is 0 Å². The Labute approximate surface area is 256 Å². The van der Waals surface area contributed by atoms with Gasteiger partial charge in [-0.3, -0.25) is 0 Å². The Kier molecular flexibility index (Phi) is 54.9. The van der Waals surface area contributed by atoms with Gasteiger partial charge in [-0.15, -0.1) is 0 Å². The van der Waals surface area contributed by atoms with E-state index >= 15 is 0 Å². The van der Waals surface area contributed by atoms with Crippen molar-refractivity contribution in [2.45, 2.75) is 0 Å². The van der Waals surface area contributed by atoms with Crippen molar-refractivity contribution in [3.63, 3.8) is 0 Å². The molecule has 0 aliphatic heterocycles. The minimum atomic E-state index is -6.00. The van der Waals surface area contributed by atoms with E-state index in [1.807, 2.05) is 0 Å². The van der Waals surface area contributed by atoms with Gasteiger partial charge >= 0.3 is 264 Å². The Hall–Kier alpha value is 7.12. The summed E-state index contributed by atoms with van der Waals surface area (Å²) in [7, 11) is 0. The Morgan fingerprint density at radius 1 is 0.263 bits per heavy atom. The van der Waals surface area contributed by atoms with Crippen molar-refractivity contribution in [2.24, 2.45) is 0 Å². The smallest absolute Gasteiger partial charge is 3.00 e. The fourth-order valence-electron chi connectivity index (χ4n) is 0. The average Bonchev–Trinajstić information content (AvgIpc) is 1.41. The molecule has 0 rings (SSSR count). The third-order valence-corrected chi connectivity index (χ3v) is 0. The van der Waals surface area contributed by atoms with Crippen LogP contribution in [0.3, 0.4) is 0 Å². The number of rotatable bonds is 0. The van der Waals surface area contributed by atoms with Crippen LogP contribution in [0.4, 0.5) is 0 Å². The van der Waals surface area contributed by atoms with Gasteiger partial charge < -0.3 is 0 Å². The summed E-state index contributed by atoms with van der Waals surface area (Å²) in [5, 5.41) is 0. The predicted octanol–water partition coefficient (Wildman–Crippen LogP) is -14.3. The van der Waals surface area contributed by atoms with E-state index in [1.165, 1.54) is 0 Å². The maximum Gasteiger partial charge on any atom is 3.00 e. The zero-order valence-corrected chi connectivity index (χ0v) is 28.2. The quantitative estimate of drug-likeness (QED) is 0.205. The topological polar surface area (TPSA) is 277 Å². The van der Waals surface area contributed by atoms with E-state index in [4.69, 9.17) is 44.3 Å². The van der Waals surface area contributed by atoms with E-state index in [1.54, 1.807) is 0 Å². The molecule has 0 aromatic heterocycles.